The largest absolute Gasteiger partial charge is 0.342 e. The zero-order valence-corrected chi connectivity index (χ0v) is 16.0. The number of nitrogens with one attached hydrogen (secondary N) is 1. The van der Waals surface area contributed by atoms with Crippen LogP contribution < -0.4 is 5.32 Å². The van der Waals surface area contributed by atoms with Crippen molar-refractivity contribution in [2.75, 3.05) is 39.8 Å². The van der Waals surface area contributed by atoms with Gasteiger partial charge >= 0.3 is 0 Å². The number of nitrogens with zero attached hydrogens (tertiary/aromatic N) is 4. The van der Waals surface area contributed by atoms with Crippen LogP contribution in [0, 0.1) is 6.92 Å². The van der Waals surface area contributed by atoms with Crippen LogP contribution in [0.5, 0.6) is 0 Å². The van der Waals surface area contributed by atoms with Crippen molar-refractivity contribution in [3.63, 3.8) is 0 Å². The van der Waals surface area contributed by atoms with E-state index in [-0.39, 0.29) is 0 Å². The quantitative estimate of drug-likeness (QED) is 0.928. The number of aromatic nitrogens is 2. The SMILES string of the molecule is Cc1ccc2c(n1)c1c(n2CCN2CCNCC2C)CCN(C)[C@@H]1C. The van der Waals surface area contributed by atoms with Gasteiger partial charge in [0.1, 0.15) is 0 Å². The molecule has 1 saturated heterocycles. The van der Waals surface area contributed by atoms with Gasteiger partial charge in [-0.25, -0.2) is 0 Å². The normalized spacial score (nSPS) is 25.4. The number of aryl methyl sites for hydroxylation is 1. The molecule has 2 aliphatic heterocycles. The fourth-order valence-electron chi connectivity index (χ4n) is 4.50. The lowest BCUT2D eigenvalue weighted by molar-refractivity contribution is 0.167. The maximum atomic E-state index is 4.93. The van der Waals surface area contributed by atoms with Crippen LogP contribution in [-0.4, -0.2) is 65.2 Å². The van der Waals surface area contributed by atoms with Crippen LogP contribution in [-0.2, 0) is 13.0 Å². The van der Waals surface area contributed by atoms with Gasteiger partial charge in [-0.15, -0.1) is 0 Å². The van der Waals surface area contributed by atoms with Crippen LogP contribution in [0.1, 0.15) is 36.8 Å². The average Bonchev–Trinajstić information content (AvgIpc) is 2.91. The van der Waals surface area contributed by atoms with Gasteiger partial charge < -0.3 is 9.88 Å². The smallest absolute Gasteiger partial charge is 0.0934 e. The van der Waals surface area contributed by atoms with Crippen molar-refractivity contribution in [2.24, 2.45) is 0 Å². The summed E-state index contributed by atoms with van der Waals surface area (Å²) >= 11 is 0. The lowest BCUT2D eigenvalue weighted by Crippen LogP contribution is -2.50. The molecular formula is C20H31N5. The van der Waals surface area contributed by atoms with Gasteiger partial charge in [-0.05, 0) is 40.0 Å². The van der Waals surface area contributed by atoms with Crippen molar-refractivity contribution >= 4 is 11.0 Å². The third kappa shape index (κ3) is 2.98. The number of rotatable bonds is 3. The van der Waals surface area contributed by atoms with Gasteiger partial charge in [-0.3, -0.25) is 14.8 Å². The molecule has 4 heterocycles. The number of hydrogen-bond acceptors (Lipinski definition) is 4. The third-order valence-electron chi connectivity index (χ3n) is 6.23. The summed E-state index contributed by atoms with van der Waals surface area (Å²) in [5.74, 6) is 0. The van der Waals surface area contributed by atoms with Crippen molar-refractivity contribution in [1.29, 1.82) is 0 Å². The summed E-state index contributed by atoms with van der Waals surface area (Å²) in [6.45, 7) is 13.4. The third-order valence-corrected chi connectivity index (χ3v) is 6.23. The van der Waals surface area contributed by atoms with Crippen LogP contribution in [0.2, 0.25) is 0 Å². The van der Waals surface area contributed by atoms with E-state index in [0.717, 1.165) is 51.4 Å². The van der Waals surface area contributed by atoms with Gasteiger partial charge in [0.05, 0.1) is 11.0 Å². The average molecular weight is 342 g/mol. The van der Waals surface area contributed by atoms with Crippen molar-refractivity contribution in [3.05, 3.63) is 29.1 Å². The summed E-state index contributed by atoms with van der Waals surface area (Å²) in [4.78, 5) is 10.0. The molecule has 2 aromatic rings. The molecule has 1 fully saturated rings. The Kier molecular flexibility index (Phi) is 4.56. The van der Waals surface area contributed by atoms with Crippen LogP contribution in [0.25, 0.3) is 11.0 Å². The summed E-state index contributed by atoms with van der Waals surface area (Å²) in [6.07, 6.45) is 1.13. The fraction of sp³-hybridized carbons (Fsp3) is 0.650. The van der Waals surface area contributed by atoms with Crippen LogP contribution >= 0.6 is 0 Å². The molecule has 1 N–H and O–H groups in total. The van der Waals surface area contributed by atoms with E-state index in [1.807, 2.05) is 0 Å². The summed E-state index contributed by atoms with van der Waals surface area (Å²) < 4.78 is 2.56. The van der Waals surface area contributed by atoms with Crippen molar-refractivity contribution in [1.82, 2.24) is 24.7 Å². The molecule has 0 amide bonds. The van der Waals surface area contributed by atoms with E-state index in [4.69, 9.17) is 4.98 Å². The number of fused-ring (bicyclic) bond motifs is 3. The Labute approximate surface area is 151 Å². The highest BCUT2D eigenvalue weighted by Crippen LogP contribution is 2.36. The Balaban J connectivity index is 1.71. The zero-order chi connectivity index (χ0) is 17.6. The lowest BCUT2D eigenvalue weighted by Gasteiger charge is -2.34. The molecule has 25 heavy (non-hydrogen) atoms. The Bertz CT molecular complexity index is 765. The molecule has 0 aromatic carbocycles. The second-order valence-corrected chi connectivity index (χ2v) is 7.83. The van der Waals surface area contributed by atoms with Crippen molar-refractivity contribution in [3.8, 4) is 0 Å². The Morgan fingerprint density at radius 3 is 2.84 bits per heavy atom. The van der Waals surface area contributed by atoms with Crippen molar-refractivity contribution < 1.29 is 0 Å². The first-order valence-electron chi connectivity index (χ1n) is 9.70. The molecule has 5 nitrogen and oxygen atoms in total. The molecule has 0 aliphatic carbocycles. The van der Waals surface area contributed by atoms with Gasteiger partial charge in [0.15, 0.2) is 0 Å². The number of piperazine rings is 1. The van der Waals surface area contributed by atoms with E-state index >= 15 is 0 Å². The van der Waals surface area contributed by atoms with E-state index in [0.29, 0.717) is 12.1 Å². The Hall–Kier alpha value is -1.43. The molecular weight excluding hydrogens is 310 g/mol. The molecule has 2 aromatic heterocycles. The van der Waals surface area contributed by atoms with E-state index in [2.05, 4.69) is 59.6 Å². The lowest BCUT2D eigenvalue weighted by atomic mass is 9.99. The maximum absolute atomic E-state index is 4.93. The van der Waals surface area contributed by atoms with Crippen molar-refractivity contribution in [2.45, 2.75) is 45.8 Å². The first-order valence-corrected chi connectivity index (χ1v) is 9.70. The first-order chi connectivity index (χ1) is 12.1. The minimum absolute atomic E-state index is 0.444. The van der Waals surface area contributed by atoms with E-state index in [1.165, 1.54) is 22.3 Å². The highest BCUT2D eigenvalue weighted by Gasteiger charge is 2.29. The molecule has 4 rings (SSSR count). The minimum atomic E-state index is 0.444. The van der Waals surface area contributed by atoms with E-state index in [9.17, 15) is 0 Å². The molecule has 0 spiro atoms. The highest BCUT2D eigenvalue weighted by atomic mass is 15.2. The summed E-state index contributed by atoms with van der Waals surface area (Å²) in [5, 5.41) is 3.49. The Morgan fingerprint density at radius 2 is 2.04 bits per heavy atom. The second-order valence-electron chi connectivity index (χ2n) is 7.83. The molecule has 136 valence electrons. The standard InChI is InChI=1S/C20H31N5/c1-14-5-6-18-20(22-14)19-16(3)23(4)9-7-17(19)25(18)12-11-24-10-8-21-13-15(24)2/h5-6,15-16,21H,7-13H2,1-4H3/t15?,16-/m1/s1. The first kappa shape index (κ1) is 17.0. The molecule has 0 saturated carbocycles. The van der Waals surface area contributed by atoms with Gasteiger partial charge in [0.2, 0.25) is 0 Å². The number of hydrogen-bond donors (Lipinski definition) is 1. The number of likely N-dealkylation sites (N-methyl/N-ethyl adjacent to an activating group) is 1. The second kappa shape index (κ2) is 6.71. The van der Waals surface area contributed by atoms with Crippen LogP contribution in [0.15, 0.2) is 12.1 Å². The maximum Gasteiger partial charge on any atom is 0.0934 e. The summed E-state index contributed by atoms with van der Waals surface area (Å²) in [6, 6.07) is 5.51. The van der Waals surface area contributed by atoms with Crippen LogP contribution in [0.4, 0.5) is 0 Å². The van der Waals surface area contributed by atoms with E-state index in [1.54, 1.807) is 0 Å². The van der Waals surface area contributed by atoms with E-state index < -0.39 is 0 Å². The molecule has 0 radical (unpaired) electrons. The summed E-state index contributed by atoms with van der Waals surface area (Å²) in [7, 11) is 2.23. The molecule has 1 unspecified atom stereocenters. The number of pyridine rings is 1. The molecule has 2 atom stereocenters. The monoisotopic (exact) mass is 341 g/mol. The van der Waals surface area contributed by atoms with Gasteiger partial charge in [0, 0.05) is 74.7 Å². The van der Waals surface area contributed by atoms with Gasteiger partial charge in [-0.2, -0.15) is 0 Å². The predicted molar refractivity (Wildman–Crippen MR) is 103 cm³/mol. The zero-order valence-electron chi connectivity index (χ0n) is 16.0. The van der Waals surface area contributed by atoms with Crippen LogP contribution in [0.3, 0.4) is 0 Å². The fourth-order valence-corrected chi connectivity index (χ4v) is 4.50. The summed E-state index contributed by atoms with van der Waals surface area (Å²) in [5.41, 5.74) is 6.63. The molecule has 0 bridgehead atoms. The molecule has 5 heteroatoms. The predicted octanol–water partition coefficient (Wildman–Crippen LogP) is 2.19. The van der Waals surface area contributed by atoms with Gasteiger partial charge in [-0.1, -0.05) is 0 Å². The highest BCUT2D eigenvalue weighted by molar-refractivity contribution is 5.82. The topological polar surface area (TPSA) is 36.3 Å². The minimum Gasteiger partial charge on any atom is -0.342 e. The molecule has 2 aliphatic rings. The van der Waals surface area contributed by atoms with Gasteiger partial charge in [0.25, 0.3) is 0 Å². The Morgan fingerprint density at radius 1 is 1.20 bits per heavy atom.